The summed E-state index contributed by atoms with van der Waals surface area (Å²) in [6.45, 7) is 2.40. The molecule has 1 saturated carbocycles. The van der Waals surface area contributed by atoms with Crippen LogP contribution in [0.25, 0.3) is 11.4 Å². The summed E-state index contributed by atoms with van der Waals surface area (Å²) in [5.41, 5.74) is 2.33. The summed E-state index contributed by atoms with van der Waals surface area (Å²) >= 11 is 1.32. The van der Waals surface area contributed by atoms with Crippen LogP contribution in [-0.2, 0) is 6.54 Å². The average molecular weight is 355 g/mol. The van der Waals surface area contributed by atoms with Crippen molar-refractivity contribution in [1.82, 2.24) is 24.6 Å². The molecule has 2 heterocycles. The Morgan fingerprint density at radius 1 is 1.32 bits per heavy atom. The molecule has 1 aliphatic rings. The fraction of sp³-hybridized carbons (Fsp3) is 0.353. The van der Waals surface area contributed by atoms with E-state index in [4.69, 9.17) is 4.52 Å². The predicted molar refractivity (Wildman–Crippen MR) is 92.2 cm³/mol. The van der Waals surface area contributed by atoms with Crippen molar-refractivity contribution >= 4 is 17.4 Å². The topological polar surface area (TPSA) is 85.0 Å². The number of aromatic nitrogens is 4. The van der Waals surface area contributed by atoms with Gasteiger partial charge in [0.05, 0.1) is 17.1 Å². The first-order valence-corrected chi connectivity index (χ1v) is 8.86. The van der Waals surface area contributed by atoms with Gasteiger partial charge in [-0.25, -0.2) is 0 Å². The molecule has 128 valence electrons. The number of benzene rings is 1. The van der Waals surface area contributed by atoms with Crippen LogP contribution in [0.1, 0.15) is 45.6 Å². The first kappa shape index (κ1) is 15.9. The lowest BCUT2D eigenvalue weighted by atomic mass is 10.1. The number of amides is 1. The van der Waals surface area contributed by atoms with Crippen molar-refractivity contribution in [3.05, 3.63) is 46.3 Å². The fourth-order valence-electron chi connectivity index (χ4n) is 2.51. The highest BCUT2D eigenvalue weighted by Crippen LogP contribution is 2.39. The van der Waals surface area contributed by atoms with Crippen molar-refractivity contribution in [1.29, 1.82) is 0 Å². The van der Waals surface area contributed by atoms with Crippen LogP contribution < -0.4 is 0 Å². The molecule has 2 aromatic heterocycles. The highest BCUT2D eigenvalue weighted by atomic mass is 32.1. The monoisotopic (exact) mass is 355 g/mol. The van der Waals surface area contributed by atoms with E-state index < -0.39 is 0 Å². The molecule has 0 aliphatic heterocycles. The first-order chi connectivity index (χ1) is 12.1. The molecule has 0 N–H and O–H groups in total. The molecule has 4 rings (SSSR count). The average Bonchev–Trinajstić information content (AvgIpc) is 3.23. The molecule has 8 heteroatoms. The summed E-state index contributed by atoms with van der Waals surface area (Å²) in [4.78, 5) is 19.7. The lowest BCUT2D eigenvalue weighted by Crippen LogP contribution is -2.26. The Bertz CT molecular complexity index is 898. The molecule has 1 amide bonds. The molecule has 1 fully saturated rings. The molecule has 0 atom stereocenters. The maximum atomic E-state index is 12.6. The van der Waals surface area contributed by atoms with Crippen LogP contribution in [0.3, 0.4) is 0 Å². The number of hydrogen-bond donors (Lipinski definition) is 0. The van der Waals surface area contributed by atoms with Crippen LogP contribution in [0.4, 0.5) is 0 Å². The molecular weight excluding hydrogens is 338 g/mol. The van der Waals surface area contributed by atoms with Crippen molar-refractivity contribution < 1.29 is 9.32 Å². The highest BCUT2D eigenvalue weighted by Gasteiger charge is 2.29. The molecule has 3 aromatic rings. The molecule has 0 saturated heterocycles. The van der Waals surface area contributed by atoms with Gasteiger partial charge >= 0.3 is 0 Å². The molecule has 1 aliphatic carbocycles. The fourth-order valence-corrected chi connectivity index (χ4v) is 3.20. The van der Waals surface area contributed by atoms with Crippen LogP contribution in [0, 0.1) is 6.92 Å². The molecule has 0 radical (unpaired) electrons. The van der Waals surface area contributed by atoms with Gasteiger partial charge in [-0.15, -0.1) is 5.10 Å². The van der Waals surface area contributed by atoms with Crippen molar-refractivity contribution in [3.8, 4) is 11.4 Å². The van der Waals surface area contributed by atoms with Gasteiger partial charge in [0.2, 0.25) is 11.7 Å². The molecule has 0 bridgehead atoms. The summed E-state index contributed by atoms with van der Waals surface area (Å²) in [5.74, 6) is 1.66. The van der Waals surface area contributed by atoms with E-state index >= 15 is 0 Å². The molecule has 25 heavy (non-hydrogen) atoms. The number of hydrogen-bond acceptors (Lipinski definition) is 7. The minimum Gasteiger partial charge on any atom is -0.339 e. The standard InChI is InChI=1S/C17H17N5O2S/c1-10-14(25-21-19-10)9-22(2)17(23)13-7-3-11(4-8-13)15-18-16(24-20-15)12-5-6-12/h3-4,7-8,12H,5-6,9H2,1-2H3. The van der Waals surface area contributed by atoms with Crippen molar-refractivity contribution in [2.75, 3.05) is 7.05 Å². The lowest BCUT2D eigenvalue weighted by molar-refractivity contribution is 0.0786. The van der Waals surface area contributed by atoms with E-state index in [0.717, 1.165) is 29.0 Å². The van der Waals surface area contributed by atoms with Gasteiger partial charge in [0, 0.05) is 24.1 Å². The second-order valence-electron chi connectivity index (χ2n) is 6.25. The van der Waals surface area contributed by atoms with Gasteiger partial charge in [-0.05, 0) is 43.4 Å². The highest BCUT2D eigenvalue weighted by molar-refractivity contribution is 7.05. The third-order valence-electron chi connectivity index (χ3n) is 4.23. The van der Waals surface area contributed by atoms with E-state index in [-0.39, 0.29) is 5.91 Å². The van der Waals surface area contributed by atoms with Crippen molar-refractivity contribution in [3.63, 3.8) is 0 Å². The van der Waals surface area contributed by atoms with E-state index in [1.54, 1.807) is 24.1 Å². The van der Waals surface area contributed by atoms with Crippen LogP contribution in [-0.4, -0.2) is 37.6 Å². The van der Waals surface area contributed by atoms with Gasteiger partial charge in [-0.1, -0.05) is 21.8 Å². The zero-order chi connectivity index (χ0) is 17.4. The summed E-state index contributed by atoms with van der Waals surface area (Å²) < 4.78 is 9.18. The number of carbonyl (C=O) groups excluding carboxylic acids is 1. The summed E-state index contributed by atoms with van der Waals surface area (Å²) in [6, 6.07) is 7.28. The number of nitrogens with zero attached hydrogens (tertiary/aromatic N) is 5. The van der Waals surface area contributed by atoms with Gasteiger partial charge in [0.25, 0.3) is 5.91 Å². The zero-order valence-electron chi connectivity index (χ0n) is 14.0. The van der Waals surface area contributed by atoms with Crippen LogP contribution in [0.5, 0.6) is 0 Å². The second-order valence-corrected chi connectivity index (χ2v) is 7.09. The van der Waals surface area contributed by atoms with E-state index in [9.17, 15) is 4.79 Å². The Morgan fingerprint density at radius 3 is 2.72 bits per heavy atom. The maximum absolute atomic E-state index is 12.6. The van der Waals surface area contributed by atoms with E-state index in [1.807, 2.05) is 19.1 Å². The molecule has 1 aromatic carbocycles. The van der Waals surface area contributed by atoms with E-state index in [1.165, 1.54) is 11.5 Å². The zero-order valence-corrected chi connectivity index (χ0v) is 14.8. The normalized spacial score (nSPS) is 13.8. The lowest BCUT2D eigenvalue weighted by Gasteiger charge is -2.16. The second kappa shape index (κ2) is 6.36. The first-order valence-electron chi connectivity index (χ1n) is 8.09. The Hall–Kier alpha value is -2.61. The minimum atomic E-state index is -0.0499. The van der Waals surface area contributed by atoms with Crippen LogP contribution in [0.2, 0.25) is 0 Å². The smallest absolute Gasteiger partial charge is 0.253 e. The Kier molecular flexibility index (Phi) is 4.04. The molecule has 7 nitrogen and oxygen atoms in total. The van der Waals surface area contributed by atoms with Crippen molar-refractivity contribution in [2.45, 2.75) is 32.2 Å². The maximum Gasteiger partial charge on any atom is 0.253 e. The van der Waals surface area contributed by atoms with E-state index in [2.05, 4.69) is 19.7 Å². The number of aryl methyl sites for hydroxylation is 1. The Labute approximate surface area is 148 Å². The minimum absolute atomic E-state index is 0.0499. The number of carbonyl (C=O) groups is 1. The summed E-state index contributed by atoms with van der Waals surface area (Å²) in [6.07, 6.45) is 2.24. The molecule has 0 unspecified atom stereocenters. The van der Waals surface area contributed by atoms with Crippen LogP contribution >= 0.6 is 11.5 Å². The van der Waals surface area contributed by atoms with Gasteiger partial charge in [-0.2, -0.15) is 4.98 Å². The Morgan fingerprint density at radius 2 is 2.08 bits per heavy atom. The summed E-state index contributed by atoms with van der Waals surface area (Å²) in [5, 5.41) is 8.00. The largest absolute Gasteiger partial charge is 0.339 e. The van der Waals surface area contributed by atoms with Gasteiger partial charge in [0.1, 0.15) is 0 Å². The predicted octanol–water partition coefficient (Wildman–Crippen LogP) is 3.05. The van der Waals surface area contributed by atoms with Gasteiger partial charge in [0.15, 0.2) is 0 Å². The Balaban J connectivity index is 1.46. The SMILES string of the molecule is Cc1nnsc1CN(C)C(=O)c1ccc(-c2noc(C3CC3)n2)cc1. The van der Waals surface area contributed by atoms with Crippen molar-refractivity contribution in [2.24, 2.45) is 0 Å². The third kappa shape index (κ3) is 3.30. The quantitative estimate of drug-likeness (QED) is 0.699. The molecular formula is C17H17N5O2S. The number of rotatable bonds is 5. The van der Waals surface area contributed by atoms with Crippen LogP contribution in [0.15, 0.2) is 28.8 Å². The van der Waals surface area contributed by atoms with Gasteiger partial charge < -0.3 is 9.42 Å². The molecule has 0 spiro atoms. The summed E-state index contributed by atoms with van der Waals surface area (Å²) in [7, 11) is 1.77. The van der Waals surface area contributed by atoms with E-state index in [0.29, 0.717) is 29.7 Å². The third-order valence-corrected chi connectivity index (χ3v) is 5.04. The van der Waals surface area contributed by atoms with Gasteiger partial charge in [-0.3, -0.25) is 4.79 Å².